The van der Waals surface area contributed by atoms with Crippen molar-refractivity contribution in [3.8, 4) is 0 Å². The third-order valence-corrected chi connectivity index (χ3v) is 5.45. The van der Waals surface area contributed by atoms with E-state index in [1.165, 1.54) is 30.3 Å². The monoisotopic (exact) mass is 428 g/mol. The second-order valence-corrected chi connectivity index (χ2v) is 7.55. The Morgan fingerprint density at radius 2 is 1.81 bits per heavy atom. The summed E-state index contributed by atoms with van der Waals surface area (Å²) in [6.45, 7) is 2.07. The SMILES string of the molecule is O=C(CN1CCN(C(C(=O)O)c2c[nH]c3cc(F)ccc23)CC1)Nc1cccc(F)c1. The lowest BCUT2D eigenvalue weighted by Crippen LogP contribution is -2.50. The van der Waals surface area contributed by atoms with E-state index in [1.807, 2.05) is 9.80 Å². The molecular weight excluding hydrogens is 406 g/mol. The fourth-order valence-corrected chi connectivity index (χ4v) is 3.98. The Hall–Kier alpha value is -3.30. The molecule has 1 aliphatic heterocycles. The number of rotatable bonds is 6. The third-order valence-electron chi connectivity index (χ3n) is 5.45. The van der Waals surface area contributed by atoms with E-state index in [4.69, 9.17) is 0 Å². The number of aliphatic carboxylic acids is 1. The molecule has 0 bridgehead atoms. The molecule has 3 aromatic rings. The number of nitrogens with one attached hydrogen (secondary N) is 2. The fraction of sp³-hybridized carbons (Fsp3) is 0.273. The van der Waals surface area contributed by atoms with Crippen LogP contribution >= 0.6 is 0 Å². The minimum atomic E-state index is -0.984. The molecule has 7 nitrogen and oxygen atoms in total. The maximum atomic E-state index is 13.5. The topological polar surface area (TPSA) is 88.7 Å². The Bertz CT molecular complexity index is 1110. The van der Waals surface area contributed by atoms with Gasteiger partial charge in [-0.15, -0.1) is 0 Å². The largest absolute Gasteiger partial charge is 0.480 e. The van der Waals surface area contributed by atoms with Gasteiger partial charge < -0.3 is 15.4 Å². The summed E-state index contributed by atoms with van der Waals surface area (Å²) in [5, 5.41) is 13.2. The second kappa shape index (κ2) is 8.83. The highest BCUT2D eigenvalue weighted by molar-refractivity contribution is 5.92. The lowest BCUT2D eigenvalue weighted by Gasteiger charge is -2.37. The summed E-state index contributed by atoms with van der Waals surface area (Å²) in [4.78, 5) is 31.0. The number of carboxylic acids is 1. The van der Waals surface area contributed by atoms with Crippen LogP contribution in [-0.2, 0) is 9.59 Å². The number of aromatic amines is 1. The number of piperazine rings is 1. The number of halogens is 2. The molecule has 0 radical (unpaired) electrons. The summed E-state index contributed by atoms with van der Waals surface area (Å²) >= 11 is 0. The maximum Gasteiger partial charge on any atom is 0.325 e. The van der Waals surface area contributed by atoms with Gasteiger partial charge in [-0.05, 0) is 36.4 Å². The number of hydrogen-bond acceptors (Lipinski definition) is 4. The number of amides is 1. The normalized spacial score (nSPS) is 16.3. The van der Waals surface area contributed by atoms with Crippen molar-refractivity contribution < 1.29 is 23.5 Å². The number of benzene rings is 2. The van der Waals surface area contributed by atoms with Gasteiger partial charge in [0.1, 0.15) is 17.7 Å². The molecule has 3 N–H and O–H groups in total. The molecule has 1 aromatic heterocycles. The molecule has 0 saturated carbocycles. The summed E-state index contributed by atoms with van der Waals surface area (Å²) in [5.74, 6) is -2.06. The van der Waals surface area contributed by atoms with E-state index < -0.39 is 23.6 Å². The molecule has 0 aliphatic carbocycles. The molecule has 162 valence electrons. The number of carboxylic acid groups (broad SMARTS) is 1. The highest BCUT2D eigenvalue weighted by atomic mass is 19.1. The highest BCUT2D eigenvalue weighted by Crippen LogP contribution is 2.30. The molecule has 0 spiro atoms. The summed E-state index contributed by atoms with van der Waals surface area (Å²) in [6, 6.07) is 9.05. The number of carbonyl (C=O) groups is 2. The van der Waals surface area contributed by atoms with Gasteiger partial charge in [0.25, 0.3) is 0 Å². The van der Waals surface area contributed by atoms with Crippen LogP contribution in [0, 0.1) is 11.6 Å². The van der Waals surface area contributed by atoms with Gasteiger partial charge in [0, 0.05) is 54.5 Å². The number of hydrogen-bond donors (Lipinski definition) is 3. The van der Waals surface area contributed by atoms with Crippen molar-refractivity contribution >= 4 is 28.5 Å². The van der Waals surface area contributed by atoms with Gasteiger partial charge in [-0.25, -0.2) is 8.78 Å². The number of carbonyl (C=O) groups excluding carboxylic acids is 1. The van der Waals surface area contributed by atoms with Crippen molar-refractivity contribution in [1.82, 2.24) is 14.8 Å². The van der Waals surface area contributed by atoms with Crippen molar-refractivity contribution in [3.05, 3.63) is 65.9 Å². The Labute approximate surface area is 177 Å². The predicted molar refractivity (Wildman–Crippen MR) is 112 cm³/mol. The lowest BCUT2D eigenvalue weighted by molar-refractivity contribution is -0.144. The van der Waals surface area contributed by atoms with Gasteiger partial charge in [-0.3, -0.25) is 19.4 Å². The van der Waals surface area contributed by atoms with Gasteiger partial charge in [0.2, 0.25) is 5.91 Å². The maximum absolute atomic E-state index is 13.5. The van der Waals surface area contributed by atoms with Crippen molar-refractivity contribution in [3.63, 3.8) is 0 Å². The van der Waals surface area contributed by atoms with Gasteiger partial charge >= 0.3 is 5.97 Å². The van der Waals surface area contributed by atoms with E-state index >= 15 is 0 Å². The van der Waals surface area contributed by atoms with Crippen molar-refractivity contribution in [1.29, 1.82) is 0 Å². The zero-order chi connectivity index (χ0) is 22.0. The minimum absolute atomic E-state index is 0.133. The summed E-state index contributed by atoms with van der Waals surface area (Å²) in [5.41, 5.74) is 1.53. The van der Waals surface area contributed by atoms with E-state index in [0.717, 1.165) is 0 Å². The first-order chi connectivity index (χ1) is 14.9. The number of anilines is 1. The van der Waals surface area contributed by atoms with Crippen molar-refractivity contribution in [2.45, 2.75) is 6.04 Å². The fourth-order valence-electron chi connectivity index (χ4n) is 3.98. The third kappa shape index (κ3) is 4.73. The number of H-pyrrole nitrogens is 1. The zero-order valence-corrected chi connectivity index (χ0v) is 16.6. The lowest BCUT2D eigenvalue weighted by atomic mass is 10.0. The Morgan fingerprint density at radius 1 is 1.06 bits per heavy atom. The molecule has 1 atom stereocenters. The average molecular weight is 428 g/mol. The molecule has 1 saturated heterocycles. The summed E-state index contributed by atoms with van der Waals surface area (Å²) in [6.07, 6.45) is 1.61. The number of aromatic nitrogens is 1. The van der Waals surface area contributed by atoms with Crippen LogP contribution in [0.1, 0.15) is 11.6 Å². The van der Waals surface area contributed by atoms with Crippen LogP contribution in [0.15, 0.2) is 48.7 Å². The summed E-state index contributed by atoms with van der Waals surface area (Å²) < 4.78 is 26.7. The van der Waals surface area contributed by atoms with Crippen molar-refractivity contribution in [2.24, 2.45) is 0 Å². The first-order valence-electron chi connectivity index (χ1n) is 9.92. The van der Waals surface area contributed by atoms with Gasteiger partial charge in [-0.2, -0.15) is 0 Å². The van der Waals surface area contributed by atoms with Gasteiger partial charge in [0.05, 0.1) is 6.54 Å². The van der Waals surface area contributed by atoms with Crippen LogP contribution in [0.5, 0.6) is 0 Å². The van der Waals surface area contributed by atoms with Crippen molar-refractivity contribution in [2.75, 3.05) is 38.0 Å². The molecule has 4 rings (SSSR count). The minimum Gasteiger partial charge on any atom is -0.480 e. The van der Waals surface area contributed by atoms with Gasteiger partial charge in [-0.1, -0.05) is 6.07 Å². The second-order valence-electron chi connectivity index (χ2n) is 7.55. The van der Waals surface area contributed by atoms with Crippen LogP contribution in [0.25, 0.3) is 10.9 Å². The van der Waals surface area contributed by atoms with Gasteiger partial charge in [0.15, 0.2) is 0 Å². The van der Waals surface area contributed by atoms with E-state index in [9.17, 15) is 23.5 Å². The smallest absolute Gasteiger partial charge is 0.325 e. The molecular formula is C22H22F2N4O3. The van der Waals surface area contributed by atoms with E-state index in [1.54, 1.807) is 18.3 Å². The number of fused-ring (bicyclic) bond motifs is 1. The quantitative estimate of drug-likeness (QED) is 0.562. The van der Waals surface area contributed by atoms with Crippen LogP contribution in [0.4, 0.5) is 14.5 Å². The molecule has 1 aliphatic rings. The molecule has 9 heteroatoms. The number of nitrogens with zero attached hydrogens (tertiary/aromatic N) is 2. The average Bonchev–Trinajstić information content (AvgIpc) is 3.11. The molecule has 1 amide bonds. The first kappa shape index (κ1) is 21.0. The first-order valence-corrected chi connectivity index (χ1v) is 9.92. The standard InChI is InChI=1S/C22H22F2N4O3/c23-14-2-1-3-16(10-14)26-20(29)13-27-6-8-28(9-7-27)21(22(30)31)18-12-25-19-11-15(24)4-5-17(18)19/h1-5,10-12,21,25H,6-9,13H2,(H,26,29)(H,30,31). The Morgan fingerprint density at radius 3 is 2.52 bits per heavy atom. The van der Waals surface area contributed by atoms with Crippen LogP contribution in [0.3, 0.4) is 0 Å². The van der Waals surface area contributed by atoms with Crippen LogP contribution in [0.2, 0.25) is 0 Å². The van der Waals surface area contributed by atoms with E-state index in [2.05, 4.69) is 10.3 Å². The Balaban J connectivity index is 1.39. The predicted octanol–water partition coefficient (Wildman–Crippen LogP) is 2.83. The molecule has 2 aromatic carbocycles. The Kier molecular flexibility index (Phi) is 5.97. The highest BCUT2D eigenvalue weighted by Gasteiger charge is 2.32. The van der Waals surface area contributed by atoms with E-state index in [0.29, 0.717) is 48.3 Å². The van der Waals surface area contributed by atoms with E-state index in [-0.39, 0.29) is 12.5 Å². The zero-order valence-electron chi connectivity index (χ0n) is 16.6. The van der Waals surface area contributed by atoms with Crippen LogP contribution in [-0.4, -0.2) is 64.5 Å². The molecule has 2 heterocycles. The molecule has 1 unspecified atom stereocenters. The van der Waals surface area contributed by atoms with Crippen LogP contribution < -0.4 is 5.32 Å². The molecule has 1 fully saturated rings. The summed E-state index contributed by atoms with van der Waals surface area (Å²) in [7, 11) is 0. The molecule has 31 heavy (non-hydrogen) atoms.